The quantitative estimate of drug-likeness (QED) is 0.654. The van der Waals surface area contributed by atoms with Gasteiger partial charge in [0.1, 0.15) is 0 Å². The lowest BCUT2D eigenvalue weighted by Gasteiger charge is -2.29. The third kappa shape index (κ3) is 5.52. The number of hydrogen-bond acceptors (Lipinski definition) is 4. The highest BCUT2D eigenvalue weighted by Crippen LogP contribution is 2.51. The summed E-state index contributed by atoms with van der Waals surface area (Å²) >= 11 is 0. The second kappa shape index (κ2) is 10.0. The third-order valence-electron chi connectivity index (χ3n) is 6.33. The van der Waals surface area contributed by atoms with Gasteiger partial charge in [-0.2, -0.15) is 13.2 Å². The Hall–Kier alpha value is -3.07. The molecule has 6 nitrogen and oxygen atoms in total. The Labute approximate surface area is 196 Å². The van der Waals surface area contributed by atoms with Crippen LogP contribution in [0, 0.1) is 5.92 Å². The molecule has 1 N–H and O–H groups in total. The highest BCUT2D eigenvalue weighted by Gasteiger charge is 2.49. The topological polar surface area (TPSA) is 61.9 Å². The first kappa shape index (κ1) is 24.1. The second-order valence-corrected chi connectivity index (χ2v) is 8.58. The Kier molecular flexibility index (Phi) is 7.11. The van der Waals surface area contributed by atoms with Crippen LogP contribution in [0.2, 0.25) is 0 Å². The van der Waals surface area contributed by atoms with Crippen molar-refractivity contribution in [1.29, 1.82) is 0 Å². The standard InChI is InChI=1S/C25H28F3N3O3/c1-2-30(24(33)21-15-20(21)19-5-3-4-6-22(19)25(26,27)28)16-23(32)29-17-7-9-18(10-8-17)31-11-13-34-14-12-31/h3-10,20-21H,2,11-16H2,1H3,(H,29,32). The number of anilines is 2. The van der Waals surface area contributed by atoms with Gasteiger partial charge in [-0.1, -0.05) is 18.2 Å². The van der Waals surface area contributed by atoms with E-state index in [4.69, 9.17) is 4.74 Å². The minimum absolute atomic E-state index is 0.147. The van der Waals surface area contributed by atoms with E-state index in [1.165, 1.54) is 17.0 Å². The maximum atomic E-state index is 13.3. The highest BCUT2D eigenvalue weighted by molar-refractivity contribution is 5.95. The molecule has 0 spiro atoms. The molecule has 9 heteroatoms. The Morgan fingerprint density at radius 1 is 1.09 bits per heavy atom. The first-order chi connectivity index (χ1) is 16.3. The summed E-state index contributed by atoms with van der Waals surface area (Å²) < 4.78 is 45.4. The molecule has 2 unspecified atom stereocenters. The molecule has 34 heavy (non-hydrogen) atoms. The van der Waals surface area contributed by atoms with Gasteiger partial charge >= 0.3 is 6.18 Å². The van der Waals surface area contributed by atoms with E-state index in [9.17, 15) is 22.8 Å². The highest BCUT2D eigenvalue weighted by atomic mass is 19.4. The molecule has 2 aromatic carbocycles. The van der Waals surface area contributed by atoms with Crippen LogP contribution in [0.4, 0.5) is 24.5 Å². The van der Waals surface area contributed by atoms with Gasteiger partial charge in [0.25, 0.3) is 0 Å². The Balaban J connectivity index is 1.34. The molecule has 1 heterocycles. The molecule has 182 valence electrons. The van der Waals surface area contributed by atoms with Gasteiger partial charge in [-0.15, -0.1) is 0 Å². The van der Waals surface area contributed by atoms with Crippen LogP contribution in [-0.4, -0.2) is 56.1 Å². The summed E-state index contributed by atoms with van der Waals surface area (Å²) in [6, 6.07) is 12.9. The SMILES string of the molecule is CCN(CC(=O)Nc1ccc(N2CCOCC2)cc1)C(=O)C1CC1c1ccccc1C(F)(F)F. The van der Waals surface area contributed by atoms with Crippen LogP contribution in [-0.2, 0) is 20.5 Å². The number of hydrogen-bond donors (Lipinski definition) is 1. The van der Waals surface area contributed by atoms with E-state index < -0.39 is 23.6 Å². The molecule has 2 aliphatic rings. The summed E-state index contributed by atoms with van der Waals surface area (Å²) in [5.74, 6) is -1.65. The zero-order valence-corrected chi connectivity index (χ0v) is 19.0. The fourth-order valence-electron chi connectivity index (χ4n) is 4.42. The largest absolute Gasteiger partial charge is 0.416 e. The number of amides is 2. The summed E-state index contributed by atoms with van der Waals surface area (Å²) in [5, 5.41) is 2.80. The number of benzene rings is 2. The molecule has 2 atom stereocenters. The van der Waals surface area contributed by atoms with Crippen molar-refractivity contribution in [3.63, 3.8) is 0 Å². The van der Waals surface area contributed by atoms with Crippen LogP contribution in [0.25, 0.3) is 0 Å². The summed E-state index contributed by atoms with van der Waals surface area (Å²) in [7, 11) is 0. The van der Waals surface area contributed by atoms with Crippen LogP contribution >= 0.6 is 0 Å². The van der Waals surface area contributed by atoms with Crippen LogP contribution in [0.15, 0.2) is 48.5 Å². The summed E-state index contributed by atoms with van der Waals surface area (Å²) in [5.41, 5.74) is 1.12. The average Bonchev–Trinajstić information content (AvgIpc) is 3.63. The molecule has 0 aromatic heterocycles. The van der Waals surface area contributed by atoms with Gasteiger partial charge in [-0.3, -0.25) is 9.59 Å². The monoisotopic (exact) mass is 475 g/mol. The number of morpholine rings is 1. The van der Waals surface area contributed by atoms with Gasteiger partial charge in [0.2, 0.25) is 11.8 Å². The van der Waals surface area contributed by atoms with E-state index >= 15 is 0 Å². The number of carbonyl (C=O) groups is 2. The molecule has 2 amide bonds. The third-order valence-corrected chi connectivity index (χ3v) is 6.33. The molecule has 1 aliphatic carbocycles. The van der Waals surface area contributed by atoms with Gasteiger partial charge in [0.15, 0.2) is 0 Å². The van der Waals surface area contributed by atoms with Gasteiger partial charge in [-0.25, -0.2) is 0 Å². The number of likely N-dealkylation sites (N-methyl/N-ethyl adjacent to an activating group) is 1. The van der Waals surface area contributed by atoms with Crippen molar-refractivity contribution >= 4 is 23.2 Å². The smallest absolute Gasteiger partial charge is 0.378 e. The van der Waals surface area contributed by atoms with Gasteiger partial charge < -0.3 is 19.9 Å². The molecule has 1 saturated heterocycles. The van der Waals surface area contributed by atoms with Crippen molar-refractivity contribution in [2.45, 2.75) is 25.4 Å². The number of nitrogens with one attached hydrogen (secondary N) is 1. The Morgan fingerprint density at radius 2 is 1.76 bits per heavy atom. The van der Waals surface area contributed by atoms with Crippen LogP contribution < -0.4 is 10.2 Å². The Morgan fingerprint density at radius 3 is 2.41 bits per heavy atom. The average molecular weight is 476 g/mol. The Bertz CT molecular complexity index is 1020. The predicted octanol–water partition coefficient (Wildman–Crippen LogP) is 4.13. The van der Waals surface area contributed by atoms with E-state index in [2.05, 4.69) is 10.2 Å². The lowest BCUT2D eigenvalue weighted by Crippen LogP contribution is -2.39. The van der Waals surface area contributed by atoms with Crippen molar-refractivity contribution in [1.82, 2.24) is 4.90 Å². The van der Waals surface area contributed by atoms with E-state index in [-0.39, 0.29) is 23.9 Å². The molecular weight excluding hydrogens is 447 g/mol. The van der Waals surface area contributed by atoms with E-state index in [0.29, 0.717) is 31.9 Å². The molecule has 2 fully saturated rings. The van der Waals surface area contributed by atoms with Crippen molar-refractivity contribution in [3.05, 3.63) is 59.7 Å². The number of rotatable bonds is 7. The maximum Gasteiger partial charge on any atom is 0.416 e. The lowest BCUT2D eigenvalue weighted by molar-refractivity contribution is -0.139. The summed E-state index contributed by atoms with van der Waals surface area (Å²) in [4.78, 5) is 29.1. The number of ether oxygens (including phenoxy) is 1. The van der Waals surface area contributed by atoms with Gasteiger partial charge in [0, 0.05) is 36.9 Å². The zero-order valence-electron chi connectivity index (χ0n) is 19.0. The van der Waals surface area contributed by atoms with Crippen molar-refractivity contribution in [2.24, 2.45) is 5.92 Å². The fraction of sp³-hybridized carbons (Fsp3) is 0.440. The summed E-state index contributed by atoms with van der Waals surface area (Å²) in [6.45, 7) is 4.90. The zero-order chi connectivity index (χ0) is 24.3. The fourth-order valence-corrected chi connectivity index (χ4v) is 4.42. The number of alkyl halides is 3. The van der Waals surface area contributed by atoms with Crippen LogP contribution in [0.1, 0.15) is 30.4 Å². The van der Waals surface area contributed by atoms with Crippen molar-refractivity contribution < 1.29 is 27.5 Å². The first-order valence-corrected chi connectivity index (χ1v) is 11.5. The molecular formula is C25H28F3N3O3. The molecule has 4 rings (SSSR count). The molecule has 0 radical (unpaired) electrons. The van der Waals surface area contributed by atoms with Crippen LogP contribution in [0.3, 0.4) is 0 Å². The second-order valence-electron chi connectivity index (χ2n) is 8.58. The maximum absolute atomic E-state index is 13.3. The molecule has 1 saturated carbocycles. The van der Waals surface area contributed by atoms with E-state index in [1.54, 1.807) is 13.0 Å². The minimum atomic E-state index is -4.46. The predicted molar refractivity (Wildman–Crippen MR) is 123 cm³/mol. The number of carbonyl (C=O) groups excluding carboxylic acids is 2. The van der Waals surface area contributed by atoms with Crippen molar-refractivity contribution in [3.8, 4) is 0 Å². The number of nitrogens with zero attached hydrogens (tertiary/aromatic N) is 2. The first-order valence-electron chi connectivity index (χ1n) is 11.5. The van der Waals surface area contributed by atoms with E-state index in [1.807, 2.05) is 24.3 Å². The molecule has 1 aliphatic heterocycles. The molecule has 0 bridgehead atoms. The minimum Gasteiger partial charge on any atom is -0.378 e. The molecule has 2 aromatic rings. The van der Waals surface area contributed by atoms with Gasteiger partial charge in [-0.05, 0) is 55.2 Å². The van der Waals surface area contributed by atoms with Gasteiger partial charge in [0.05, 0.1) is 25.3 Å². The lowest BCUT2D eigenvalue weighted by atomic mass is 10.0. The summed E-state index contributed by atoms with van der Waals surface area (Å²) in [6.07, 6.45) is -4.11. The number of halogens is 3. The van der Waals surface area contributed by atoms with Crippen molar-refractivity contribution in [2.75, 3.05) is 49.6 Å². The normalized spacial score (nSPS) is 20.1. The van der Waals surface area contributed by atoms with E-state index in [0.717, 1.165) is 24.8 Å². The van der Waals surface area contributed by atoms with Crippen LogP contribution in [0.5, 0.6) is 0 Å².